The lowest BCUT2D eigenvalue weighted by Crippen LogP contribution is -1.97. The summed E-state index contributed by atoms with van der Waals surface area (Å²) in [5, 5.41) is 7.64. The van der Waals surface area contributed by atoms with Crippen molar-refractivity contribution >= 4 is 6.01 Å². The number of ether oxygens (including phenoxy) is 1. The summed E-state index contributed by atoms with van der Waals surface area (Å²) in [5.41, 5.74) is 8.00. The van der Waals surface area contributed by atoms with E-state index in [4.69, 9.17) is 19.5 Å². The summed E-state index contributed by atoms with van der Waals surface area (Å²) in [4.78, 5) is 3.96. The van der Waals surface area contributed by atoms with Crippen LogP contribution in [0.3, 0.4) is 0 Å². The minimum atomic E-state index is 0.0451. The molecule has 3 rings (SSSR count). The van der Waals surface area contributed by atoms with Gasteiger partial charge >= 0.3 is 6.01 Å². The van der Waals surface area contributed by atoms with Gasteiger partial charge in [-0.2, -0.15) is 4.98 Å². The summed E-state index contributed by atoms with van der Waals surface area (Å²) in [5.74, 6) is 1.95. The van der Waals surface area contributed by atoms with Crippen LogP contribution in [0.5, 0.6) is 5.75 Å². The fourth-order valence-electron chi connectivity index (χ4n) is 1.92. The first-order valence-corrected chi connectivity index (χ1v) is 6.37. The molecular formula is C14H14N4O3. The van der Waals surface area contributed by atoms with Crippen molar-refractivity contribution in [3.8, 4) is 17.1 Å². The Labute approximate surface area is 120 Å². The van der Waals surface area contributed by atoms with Crippen LogP contribution in [-0.2, 0) is 6.61 Å². The molecule has 0 aliphatic heterocycles. The van der Waals surface area contributed by atoms with Crippen LogP contribution < -0.4 is 10.5 Å². The first-order valence-electron chi connectivity index (χ1n) is 6.37. The second-order valence-corrected chi connectivity index (χ2v) is 4.57. The molecular weight excluding hydrogens is 272 g/mol. The Hall–Kier alpha value is -2.83. The van der Waals surface area contributed by atoms with Crippen molar-refractivity contribution < 1.29 is 13.8 Å². The van der Waals surface area contributed by atoms with Crippen molar-refractivity contribution in [1.29, 1.82) is 0 Å². The largest absolute Gasteiger partial charge is 0.489 e. The average molecular weight is 286 g/mol. The van der Waals surface area contributed by atoms with E-state index in [1.165, 1.54) is 0 Å². The third kappa shape index (κ3) is 2.71. The molecule has 108 valence electrons. The van der Waals surface area contributed by atoms with Crippen LogP contribution in [0, 0.1) is 13.8 Å². The summed E-state index contributed by atoms with van der Waals surface area (Å²) in [6.07, 6.45) is 0. The first kappa shape index (κ1) is 13.2. The molecule has 0 bridgehead atoms. The molecule has 21 heavy (non-hydrogen) atoms. The highest BCUT2D eigenvalue weighted by Gasteiger charge is 2.10. The molecule has 7 heteroatoms. The number of nitrogens with two attached hydrogens (primary N) is 1. The van der Waals surface area contributed by atoms with Crippen molar-refractivity contribution in [2.75, 3.05) is 5.73 Å². The number of anilines is 1. The van der Waals surface area contributed by atoms with Crippen LogP contribution in [0.4, 0.5) is 6.01 Å². The van der Waals surface area contributed by atoms with Crippen molar-refractivity contribution in [2.45, 2.75) is 20.5 Å². The van der Waals surface area contributed by atoms with Gasteiger partial charge in [0, 0.05) is 5.56 Å². The fourth-order valence-corrected chi connectivity index (χ4v) is 1.92. The SMILES string of the molecule is Cc1noc(C)c1COc1ccc(-c2noc(N)n2)cc1. The van der Waals surface area contributed by atoms with Gasteiger partial charge in [0.2, 0.25) is 5.82 Å². The van der Waals surface area contributed by atoms with Crippen LogP contribution in [0.15, 0.2) is 33.3 Å². The lowest BCUT2D eigenvalue weighted by molar-refractivity contribution is 0.302. The molecule has 0 aliphatic rings. The number of benzene rings is 1. The first-order chi connectivity index (χ1) is 10.1. The molecule has 1 aromatic carbocycles. The lowest BCUT2D eigenvalue weighted by Gasteiger charge is -2.06. The quantitative estimate of drug-likeness (QED) is 0.786. The molecule has 2 aromatic heterocycles. The Bertz CT molecular complexity index is 726. The van der Waals surface area contributed by atoms with E-state index in [1.54, 1.807) is 0 Å². The number of hydrogen-bond donors (Lipinski definition) is 1. The summed E-state index contributed by atoms with van der Waals surface area (Å²) in [7, 11) is 0. The van der Waals surface area contributed by atoms with Gasteiger partial charge < -0.3 is 19.5 Å². The number of aryl methyl sites for hydroxylation is 2. The molecule has 0 radical (unpaired) electrons. The minimum Gasteiger partial charge on any atom is -0.489 e. The van der Waals surface area contributed by atoms with Crippen LogP contribution in [0.25, 0.3) is 11.4 Å². The molecule has 0 saturated heterocycles. The molecule has 0 aliphatic carbocycles. The van der Waals surface area contributed by atoms with Gasteiger partial charge in [-0.1, -0.05) is 10.3 Å². The van der Waals surface area contributed by atoms with Crippen molar-refractivity contribution in [3.63, 3.8) is 0 Å². The predicted molar refractivity (Wildman–Crippen MR) is 74.5 cm³/mol. The van der Waals surface area contributed by atoms with Gasteiger partial charge in [0.1, 0.15) is 18.1 Å². The predicted octanol–water partition coefficient (Wildman–Crippen LogP) is 2.50. The highest BCUT2D eigenvalue weighted by atomic mass is 16.5. The number of rotatable bonds is 4. The van der Waals surface area contributed by atoms with E-state index in [1.807, 2.05) is 38.1 Å². The van der Waals surface area contributed by atoms with Crippen LogP contribution >= 0.6 is 0 Å². The Morgan fingerprint density at radius 1 is 1.10 bits per heavy atom. The van der Waals surface area contributed by atoms with Crippen molar-refractivity contribution in [2.24, 2.45) is 0 Å². The van der Waals surface area contributed by atoms with Gasteiger partial charge in [-0.3, -0.25) is 0 Å². The summed E-state index contributed by atoms with van der Waals surface area (Å²) < 4.78 is 15.6. The van der Waals surface area contributed by atoms with Gasteiger partial charge in [-0.05, 0) is 38.1 Å². The van der Waals surface area contributed by atoms with Crippen LogP contribution in [0.2, 0.25) is 0 Å². The molecule has 2 N–H and O–H groups in total. The van der Waals surface area contributed by atoms with Gasteiger partial charge in [-0.15, -0.1) is 0 Å². The van der Waals surface area contributed by atoms with Crippen LogP contribution in [-0.4, -0.2) is 15.3 Å². The molecule has 3 aromatic rings. The van der Waals surface area contributed by atoms with Gasteiger partial charge in [0.05, 0.1) is 11.3 Å². The normalized spacial score (nSPS) is 10.8. The van der Waals surface area contributed by atoms with E-state index in [0.29, 0.717) is 12.4 Å². The van der Waals surface area contributed by atoms with Gasteiger partial charge in [0.25, 0.3) is 0 Å². The molecule has 0 unspecified atom stereocenters. The van der Waals surface area contributed by atoms with Crippen LogP contribution in [0.1, 0.15) is 17.0 Å². The van der Waals surface area contributed by atoms with Crippen molar-refractivity contribution in [1.82, 2.24) is 15.3 Å². The Balaban J connectivity index is 1.70. The minimum absolute atomic E-state index is 0.0451. The topological polar surface area (TPSA) is 100 Å². The number of hydrogen-bond acceptors (Lipinski definition) is 7. The molecule has 0 atom stereocenters. The Morgan fingerprint density at radius 3 is 2.43 bits per heavy atom. The highest BCUT2D eigenvalue weighted by molar-refractivity contribution is 5.56. The monoisotopic (exact) mass is 286 g/mol. The van der Waals surface area contributed by atoms with E-state index in [-0.39, 0.29) is 6.01 Å². The zero-order valence-corrected chi connectivity index (χ0v) is 11.7. The summed E-state index contributed by atoms with van der Waals surface area (Å²) in [6, 6.07) is 7.39. The van der Waals surface area contributed by atoms with E-state index in [9.17, 15) is 0 Å². The third-order valence-electron chi connectivity index (χ3n) is 3.12. The smallest absolute Gasteiger partial charge is 0.319 e. The lowest BCUT2D eigenvalue weighted by atomic mass is 10.2. The molecule has 0 saturated carbocycles. The number of aromatic nitrogens is 3. The van der Waals surface area contributed by atoms with Gasteiger partial charge in [0.15, 0.2) is 0 Å². The summed E-state index contributed by atoms with van der Waals surface area (Å²) in [6.45, 7) is 4.16. The maximum atomic E-state index is 5.72. The molecule has 2 heterocycles. The van der Waals surface area contributed by atoms with E-state index >= 15 is 0 Å². The zero-order valence-electron chi connectivity index (χ0n) is 11.7. The standard InChI is InChI=1S/C14H14N4O3/c1-8-12(9(2)20-17-8)7-19-11-5-3-10(4-6-11)13-16-14(15)21-18-13/h3-6H,7H2,1-2H3,(H2,15,16,18). The second-order valence-electron chi connectivity index (χ2n) is 4.57. The van der Waals surface area contributed by atoms with E-state index in [0.717, 1.165) is 28.3 Å². The molecule has 0 spiro atoms. The maximum absolute atomic E-state index is 5.72. The van der Waals surface area contributed by atoms with E-state index in [2.05, 4.69) is 15.3 Å². The van der Waals surface area contributed by atoms with E-state index < -0.39 is 0 Å². The van der Waals surface area contributed by atoms with Gasteiger partial charge in [-0.25, -0.2) is 0 Å². The molecule has 0 fully saturated rings. The zero-order chi connectivity index (χ0) is 14.8. The third-order valence-corrected chi connectivity index (χ3v) is 3.12. The highest BCUT2D eigenvalue weighted by Crippen LogP contribution is 2.22. The van der Waals surface area contributed by atoms with Crippen molar-refractivity contribution in [3.05, 3.63) is 41.3 Å². The Kier molecular flexibility index (Phi) is 3.31. The number of nitrogens with zero attached hydrogens (tertiary/aromatic N) is 3. The maximum Gasteiger partial charge on any atom is 0.319 e. The number of nitrogen functional groups attached to an aromatic ring is 1. The molecule has 0 amide bonds. The Morgan fingerprint density at radius 2 is 1.86 bits per heavy atom. The second kappa shape index (κ2) is 5.28. The molecule has 7 nitrogen and oxygen atoms in total. The average Bonchev–Trinajstić information content (AvgIpc) is 3.05. The fraction of sp³-hybridized carbons (Fsp3) is 0.214. The summed E-state index contributed by atoms with van der Waals surface area (Å²) >= 11 is 0.